The molecule has 17 heavy (non-hydrogen) atoms. The molecule has 2 unspecified atom stereocenters. The van der Waals surface area contributed by atoms with Gasteiger partial charge in [-0.1, -0.05) is 12.1 Å². The molecule has 94 valence electrons. The van der Waals surface area contributed by atoms with Crippen LogP contribution in [0, 0.1) is 11.6 Å². The van der Waals surface area contributed by atoms with Gasteiger partial charge in [0.05, 0.1) is 12.7 Å². The van der Waals surface area contributed by atoms with Gasteiger partial charge < -0.3 is 10.5 Å². The highest BCUT2D eigenvalue weighted by atomic mass is 19.2. The van der Waals surface area contributed by atoms with Gasteiger partial charge in [0.15, 0.2) is 11.6 Å². The molecule has 2 nitrogen and oxygen atoms in total. The minimum Gasteiger partial charge on any atom is -0.373 e. The molecule has 1 fully saturated rings. The Kier molecular flexibility index (Phi) is 4.07. The fourth-order valence-corrected chi connectivity index (χ4v) is 2.20. The van der Waals surface area contributed by atoms with Crippen LogP contribution in [0.25, 0.3) is 0 Å². The Morgan fingerprint density at radius 3 is 2.88 bits per heavy atom. The molecule has 2 rings (SSSR count). The second kappa shape index (κ2) is 5.56. The van der Waals surface area contributed by atoms with Crippen LogP contribution in [-0.2, 0) is 11.3 Å². The van der Waals surface area contributed by atoms with Crippen molar-refractivity contribution in [1.82, 2.24) is 0 Å². The zero-order valence-electron chi connectivity index (χ0n) is 9.66. The molecule has 0 aliphatic heterocycles. The molecule has 4 heteroatoms. The fraction of sp³-hybridized carbons (Fsp3) is 0.538. The average molecular weight is 241 g/mol. The molecule has 2 atom stereocenters. The van der Waals surface area contributed by atoms with Gasteiger partial charge in [-0.25, -0.2) is 8.78 Å². The first kappa shape index (κ1) is 12.5. The molecule has 0 amide bonds. The van der Waals surface area contributed by atoms with Crippen LogP contribution in [0.5, 0.6) is 0 Å². The summed E-state index contributed by atoms with van der Waals surface area (Å²) in [5, 5.41) is 0. The van der Waals surface area contributed by atoms with Crippen molar-refractivity contribution in [2.45, 2.75) is 44.4 Å². The van der Waals surface area contributed by atoms with Crippen molar-refractivity contribution >= 4 is 0 Å². The Hall–Kier alpha value is -1.00. The predicted octanol–water partition coefficient (Wildman–Crippen LogP) is 2.75. The Labute approximate surface area is 99.8 Å². The maximum Gasteiger partial charge on any atom is 0.164 e. The van der Waals surface area contributed by atoms with Gasteiger partial charge in [0.2, 0.25) is 0 Å². The van der Waals surface area contributed by atoms with Crippen LogP contribution in [0.4, 0.5) is 8.78 Å². The lowest BCUT2D eigenvalue weighted by atomic mass is 9.93. The lowest BCUT2D eigenvalue weighted by Crippen LogP contribution is -2.32. The lowest BCUT2D eigenvalue weighted by molar-refractivity contribution is 0.0108. The molecule has 1 aliphatic carbocycles. The van der Waals surface area contributed by atoms with E-state index in [9.17, 15) is 8.78 Å². The Morgan fingerprint density at radius 2 is 2.12 bits per heavy atom. The Balaban J connectivity index is 1.91. The summed E-state index contributed by atoms with van der Waals surface area (Å²) in [5.74, 6) is -1.64. The van der Waals surface area contributed by atoms with Crippen LogP contribution in [0.1, 0.15) is 31.2 Å². The summed E-state index contributed by atoms with van der Waals surface area (Å²) in [4.78, 5) is 0. The topological polar surface area (TPSA) is 35.2 Å². The number of hydrogen-bond donors (Lipinski definition) is 1. The van der Waals surface area contributed by atoms with Gasteiger partial charge in [-0.15, -0.1) is 0 Å². The van der Waals surface area contributed by atoms with Crippen LogP contribution < -0.4 is 5.73 Å². The zero-order chi connectivity index (χ0) is 12.3. The first-order valence-corrected chi connectivity index (χ1v) is 5.97. The monoisotopic (exact) mass is 241 g/mol. The maximum absolute atomic E-state index is 13.4. The quantitative estimate of drug-likeness (QED) is 0.883. The SMILES string of the molecule is NC1CCCC(OCc2cccc(F)c2F)C1. The van der Waals surface area contributed by atoms with Gasteiger partial charge >= 0.3 is 0 Å². The van der Waals surface area contributed by atoms with E-state index in [1.165, 1.54) is 6.07 Å². The molecular weight excluding hydrogens is 224 g/mol. The minimum atomic E-state index is -0.827. The van der Waals surface area contributed by atoms with Crippen LogP contribution in [0.3, 0.4) is 0 Å². The summed E-state index contributed by atoms with van der Waals surface area (Å²) in [6, 6.07) is 4.31. The van der Waals surface area contributed by atoms with Crippen LogP contribution in [0.15, 0.2) is 18.2 Å². The number of benzene rings is 1. The van der Waals surface area contributed by atoms with Crippen molar-refractivity contribution in [3.05, 3.63) is 35.4 Å². The second-order valence-corrected chi connectivity index (χ2v) is 4.57. The minimum absolute atomic E-state index is 0.0708. The molecule has 1 saturated carbocycles. The van der Waals surface area contributed by atoms with Crippen molar-refractivity contribution in [1.29, 1.82) is 0 Å². The first-order chi connectivity index (χ1) is 8.16. The third-order valence-electron chi connectivity index (χ3n) is 3.17. The summed E-state index contributed by atoms with van der Waals surface area (Å²) < 4.78 is 31.9. The molecule has 1 aromatic rings. The third kappa shape index (κ3) is 3.23. The van der Waals surface area contributed by atoms with Crippen molar-refractivity contribution in [2.75, 3.05) is 0 Å². The van der Waals surface area contributed by atoms with Crippen LogP contribution in [0.2, 0.25) is 0 Å². The molecule has 2 N–H and O–H groups in total. The van der Waals surface area contributed by atoms with Crippen molar-refractivity contribution in [2.24, 2.45) is 5.73 Å². The van der Waals surface area contributed by atoms with Gasteiger partial charge in [0.25, 0.3) is 0 Å². The molecular formula is C13H17F2NO. The van der Waals surface area contributed by atoms with Crippen molar-refractivity contribution in [3.63, 3.8) is 0 Å². The van der Waals surface area contributed by atoms with Gasteiger partial charge in [0, 0.05) is 11.6 Å². The summed E-state index contributed by atoms with van der Waals surface area (Å²) >= 11 is 0. The Morgan fingerprint density at radius 1 is 1.29 bits per heavy atom. The van der Waals surface area contributed by atoms with E-state index in [1.54, 1.807) is 6.07 Å². The van der Waals surface area contributed by atoms with Crippen LogP contribution in [-0.4, -0.2) is 12.1 Å². The number of nitrogens with two attached hydrogens (primary N) is 1. The standard InChI is InChI=1S/C13H17F2NO/c14-12-6-1-3-9(13(12)15)8-17-11-5-2-4-10(16)7-11/h1,3,6,10-11H,2,4-5,7-8,16H2. The summed E-state index contributed by atoms with van der Waals surface area (Å²) in [6.45, 7) is 0.112. The summed E-state index contributed by atoms with van der Waals surface area (Å²) in [7, 11) is 0. The highest BCUT2D eigenvalue weighted by Gasteiger charge is 2.20. The van der Waals surface area contributed by atoms with Crippen molar-refractivity contribution in [3.8, 4) is 0 Å². The molecule has 0 saturated heterocycles. The van der Waals surface area contributed by atoms with Gasteiger partial charge in [0.1, 0.15) is 0 Å². The van der Waals surface area contributed by atoms with Gasteiger partial charge in [-0.05, 0) is 31.7 Å². The normalized spacial score (nSPS) is 24.9. The maximum atomic E-state index is 13.4. The molecule has 0 bridgehead atoms. The van der Waals surface area contributed by atoms with E-state index >= 15 is 0 Å². The molecule has 1 aromatic carbocycles. The largest absolute Gasteiger partial charge is 0.373 e. The van der Waals surface area contributed by atoms with Gasteiger partial charge in [-0.3, -0.25) is 0 Å². The van der Waals surface area contributed by atoms with E-state index in [-0.39, 0.29) is 24.3 Å². The second-order valence-electron chi connectivity index (χ2n) is 4.57. The molecule has 0 spiro atoms. The molecule has 0 heterocycles. The van der Waals surface area contributed by atoms with Gasteiger partial charge in [-0.2, -0.15) is 0 Å². The molecule has 0 aromatic heterocycles. The molecule has 0 radical (unpaired) electrons. The highest BCUT2D eigenvalue weighted by molar-refractivity contribution is 5.18. The third-order valence-corrected chi connectivity index (χ3v) is 3.17. The number of ether oxygens (including phenoxy) is 1. The van der Waals surface area contributed by atoms with E-state index in [4.69, 9.17) is 10.5 Å². The van der Waals surface area contributed by atoms with E-state index < -0.39 is 11.6 Å². The fourth-order valence-electron chi connectivity index (χ4n) is 2.20. The van der Waals surface area contributed by atoms with E-state index in [2.05, 4.69) is 0 Å². The predicted molar refractivity (Wildman–Crippen MR) is 61.4 cm³/mol. The lowest BCUT2D eigenvalue weighted by Gasteiger charge is -2.26. The van der Waals surface area contributed by atoms with E-state index in [1.807, 2.05) is 0 Å². The Bertz CT molecular complexity index is 384. The van der Waals surface area contributed by atoms with E-state index in [0.717, 1.165) is 31.7 Å². The number of hydrogen-bond acceptors (Lipinski definition) is 2. The summed E-state index contributed by atoms with van der Waals surface area (Å²) in [6.07, 6.45) is 3.88. The average Bonchev–Trinajstić information content (AvgIpc) is 2.31. The smallest absolute Gasteiger partial charge is 0.164 e. The van der Waals surface area contributed by atoms with E-state index in [0.29, 0.717) is 0 Å². The number of rotatable bonds is 3. The zero-order valence-corrected chi connectivity index (χ0v) is 9.66. The van der Waals surface area contributed by atoms with Crippen LogP contribution >= 0.6 is 0 Å². The highest BCUT2D eigenvalue weighted by Crippen LogP contribution is 2.21. The van der Waals surface area contributed by atoms with Crippen molar-refractivity contribution < 1.29 is 13.5 Å². The first-order valence-electron chi connectivity index (χ1n) is 5.97. The number of halogens is 2. The molecule has 1 aliphatic rings. The summed E-state index contributed by atoms with van der Waals surface area (Å²) in [5.41, 5.74) is 6.10.